The average molecular weight is 269 g/mol. The Bertz CT molecular complexity index is 561. The minimum Gasteiger partial charge on any atom is -0.298 e. The summed E-state index contributed by atoms with van der Waals surface area (Å²) in [7, 11) is 0. The number of rotatable bonds is 2. The van der Waals surface area contributed by atoms with Crippen LogP contribution in [0.25, 0.3) is 11.1 Å². The highest BCUT2D eigenvalue weighted by Crippen LogP contribution is 2.29. The highest BCUT2D eigenvalue weighted by molar-refractivity contribution is 6.31. The van der Waals surface area contributed by atoms with Crippen LogP contribution in [0.4, 0.5) is 4.39 Å². The molecule has 0 radical (unpaired) electrons. The van der Waals surface area contributed by atoms with Crippen LogP contribution in [-0.2, 0) is 0 Å². The Morgan fingerprint density at radius 2 is 1.76 bits per heavy atom. The molecule has 0 aliphatic heterocycles. The molecule has 2 rings (SSSR count). The maximum Gasteiger partial charge on any atom is 0.150 e. The first kappa shape index (κ1) is 12.1. The SMILES string of the molecule is O=Cc1ccc(Cl)cc1-c1cc(F)cc(Cl)c1. The third-order valence-corrected chi connectivity index (χ3v) is 2.77. The van der Waals surface area contributed by atoms with Crippen LogP contribution in [0.5, 0.6) is 0 Å². The van der Waals surface area contributed by atoms with Crippen molar-refractivity contribution < 1.29 is 9.18 Å². The molecule has 0 amide bonds. The predicted molar refractivity (Wildman–Crippen MR) is 67.2 cm³/mol. The van der Waals surface area contributed by atoms with Gasteiger partial charge in [-0.25, -0.2) is 4.39 Å². The van der Waals surface area contributed by atoms with Gasteiger partial charge in [-0.2, -0.15) is 0 Å². The van der Waals surface area contributed by atoms with E-state index in [1.165, 1.54) is 12.1 Å². The fourth-order valence-corrected chi connectivity index (χ4v) is 1.98. The van der Waals surface area contributed by atoms with Crippen LogP contribution in [0.1, 0.15) is 10.4 Å². The molecular weight excluding hydrogens is 262 g/mol. The first-order chi connectivity index (χ1) is 8.10. The van der Waals surface area contributed by atoms with Crippen molar-refractivity contribution in [2.75, 3.05) is 0 Å². The van der Waals surface area contributed by atoms with Crippen LogP contribution < -0.4 is 0 Å². The molecule has 1 nitrogen and oxygen atoms in total. The molecule has 17 heavy (non-hydrogen) atoms. The van der Waals surface area contributed by atoms with E-state index in [1.807, 2.05) is 0 Å². The standard InChI is InChI=1S/C13H7Cl2FO/c14-10-2-1-8(7-17)13(6-10)9-3-11(15)5-12(16)4-9/h1-7H. The van der Waals surface area contributed by atoms with E-state index in [0.717, 1.165) is 0 Å². The van der Waals surface area contributed by atoms with Gasteiger partial charge in [0.1, 0.15) is 5.82 Å². The zero-order valence-corrected chi connectivity index (χ0v) is 10.1. The summed E-state index contributed by atoms with van der Waals surface area (Å²) in [6, 6.07) is 8.90. The van der Waals surface area contributed by atoms with E-state index >= 15 is 0 Å². The fraction of sp³-hybridized carbons (Fsp3) is 0. The number of hydrogen-bond acceptors (Lipinski definition) is 1. The van der Waals surface area contributed by atoms with Crippen LogP contribution in [0, 0.1) is 5.82 Å². The van der Waals surface area contributed by atoms with Crippen molar-refractivity contribution in [3.63, 3.8) is 0 Å². The number of carbonyl (C=O) groups is 1. The normalized spacial score (nSPS) is 10.3. The van der Waals surface area contributed by atoms with Crippen LogP contribution in [-0.4, -0.2) is 6.29 Å². The Balaban J connectivity index is 2.66. The molecule has 2 aromatic rings. The Hall–Kier alpha value is -1.38. The average Bonchev–Trinajstić information content (AvgIpc) is 2.27. The summed E-state index contributed by atoms with van der Waals surface area (Å²) in [5.41, 5.74) is 1.53. The van der Waals surface area contributed by atoms with E-state index < -0.39 is 5.82 Å². The summed E-state index contributed by atoms with van der Waals surface area (Å²) >= 11 is 11.6. The number of hydrogen-bond donors (Lipinski definition) is 0. The molecule has 0 saturated heterocycles. The summed E-state index contributed by atoms with van der Waals surface area (Å²) in [6.45, 7) is 0. The lowest BCUT2D eigenvalue weighted by Gasteiger charge is -2.06. The lowest BCUT2D eigenvalue weighted by atomic mass is 10.0. The molecule has 0 saturated carbocycles. The molecule has 0 aliphatic rings. The van der Waals surface area contributed by atoms with E-state index in [9.17, 15) is 9.18 Å². The van der Waals surface area contributed by atoms with Gasteiger partial charge in [0.25, 0.3) is 0 Å². The lowest BCUT2D eigenvalue weighted by molar-refractivity contribution is 0.112. The van der Waals surface area contributed by atoms with E-state index in [-0.39, 0.29) is 5.02 Å². The minimum atomic E-state index is -0.454. The molecule has 0 N–H and O–H groups in total. The van der Waals surface area contributed by atoms with Crippen LogP contribution in [0.15, 0.2) is 36.4 Å². The van der Waals surface area contributed by atoms with Gasteiger partial charge in [-0.05, 0) is 47.5 Å². The van der Waals surface area contributed by atoms with E-state index in [4.69, 9.17) is 23.2 Å². The maximum atomic E-state index is 13.2. The van der Waals surface area contributed by atoms with Gasteiger partial charge < -0.3 is 0 Å². The van der Waals surface area contributed by atoms with Crippen molar-refractivity contribution in [2.45, 2.75) is 0 Å². The van der Waals surface area contributed by atoms with E-state index in [0.29, 0.717) is 28.0 Å². The predicted octanol–water partition coefficient (Wildman–Crippen LogP) is 4.61. The second-order valence-electron chi connectivity index (χ2n) is 3.51. The third-order valence-electron chi connectivity index (χ3n) is 2.32. The first-order valence-electron chi connectivity index (χ1n) is 4.81. The molecule has 0 unspecified atom stereocenters. The van der Waals surface area contributed by atoms with Crippen LogP contribution >= 0.6 is 23.2 Å². The zero-order valence-electron chi connectivity index (χ0n) is 8.58. The van der Waals surface area contributed by atoms with Crippen molar-refractivity contribution in [1.29, 1.82) is 0 Å². The van der Waals surface area contributed by atoms with E-state index in [2.05, 4.69) is 0 Å². The van der Waals surface area contributed by atoms with Crippen LogP contribution in [0.2, 0.25) is 10.0 Å². The van der Waals surface area contributed by atoms with Gasteiger partial charge in [0.05, 0.1) is 0 Å². The van der Waals surface area contributed by atoms with Crippen LogP contribution in [0.3, 0.4) is 0 Å². The van der Waals surface area contributed by atoms with Crippen molar-refractivity contribution >= 4 is 29.5 Å². The number of halogens is 3. The van der Waals surface area contributed by atoms with E-state index in [1.54, 1.807) is 24.3 Å². The fourth-order valence-electron chi connectivity index (χ4n) is 1.59. The summed E-state index contributed by atoms with van der Waals surface area (Å²) in [6.07, 6.45) is 0.699. The molecule has 0 aromatic heterocycles. The Labute approximate surface area is 108 Å². The Morgan fingerprint density at radius 3 is 2.41 bits per heavy atom. The zero-order chi connectivity index (χ0) is 12.4. The Morgan fingerprint density at radius 1 is 1.00 bits per heavy atom. The molecule has 0 heterocycles. The van der Waals surface area contributed by atoms with Gasteiger partial charge in [-0.3, -0.25) is 4.79 Å². The molecule has 0 spiro atoms. The number of aldehydes is 1. The molecule has 0 bridgehead atoms. The third kappa shape index (κ3) is 2.65. The molecular formula is C13H7Cl2FO. The molecule has 0 atom stereocenters. The van der Waals surface area contributed by atoms with Crippen molar-refractivity contribution in [1.82, 2.24) is 0 Å². The van der Waals surface area contributed by atoms with Crippen molar-refractivity contribution in [3.05, 3.63) is 57.8 Å². The largest absolute Gasteiger partial charge is 0.298 e. The highest BCUT2D eigenvalue weighted by Gasteiger charge is 2.08. The molecule has 86 valence electrons. The summed E-state index contributed by atoms with van der Waals surface area (Å²) in [5, 5.41) is 0.753. The lowest BCUT2D eigenvalue weighted by Crippen LogP contribution is -1.88. The topological polar surface area (TPSA) is 17.1 Å². The first-order valence-corrected chi connectivity index (χ1v) is 5.57. The Kier molecular flexibility index (Phi) is 3.46. The number of carbonyl (C=O) groups excluding carboxylic acids is 1. The van der Waals surface area contributed by atoms with Crippen molar-refractivity contribution in [3.8, 4) is 11.1 Å². The summed E-state index contributed by atoms with van der Waals surface area (Å²) in [5.74, 6) is -0.454. The van der Waals surface area contributed by atoms with Gasteiger partial charge in [0.15, 0.2) is 6.29 Å². The maximum absolute atomic E-state index is 13.2. The minimum absolute atomic E-state index is 0.275. The van der Waals surface area contributed by atoms with Gasteiger partial charge in [0, 0.05) is 15.6 Å². The molecule has 0 aliphatic carbocycles. The summed E-state index contributed by atoms with van der Waals surface area (Å²) in [4.78, 5) is 10.9. The molecule has 0 fully saturated rings. The number of benzene rings is 2. The highest BCUT2D eigenvalue weighted by atomic mass is 35.5. The van der Waals surface area contributed by atoms with Gasteiger partial charge in [-0.15, -0.1) is 0 Å². The smallest absolute Gasteiger partial charge is 0.150 e. The monoisotopic (exact) mass is 268 g/mol. The second kappa shape index (κ2) is 4.86. The van der Waals surface area contributed by atoms with Gasteiger partial charge >= 0.3 is 0 Å². The molecule has 4 heteroatoms. The van der Waals surface area contributed by atoms with Crippen molar-refractivity contribution in [2.24, 2.45) is 0 Å². The quantitative estimate of drug-likeness (QED) is 0.727. The summed E-state index contributed by atoms with van der Waals surface area (Å²) < 4.78 is 13.2. The van der Waals surface area contributed by atoms with Gasteiger partial charge in [0.2, 0.25) is 0 Å². The second-order valence-corrected chi connectivity index (χ2v) is 4.38. The van der Waals surface area contributed by atoms with Gasteiger partial charge in [-0.1, -0.05) is 23.2 Å². The molecule has 2 aromatic carbocycles.